The molecule has 0 heterocycles. The highest BCUT2D eigenvalue weighted by Crippen LogP contribution is 2.24. The fourth-order valence-corrected chi connectivity index (χ4v) is 19.8. The van der Waals surface area contributed by atoms with Crippen molar-refractivity contribution in [3.63, 3.8) is 0 Å². The van der Waals surface area contributed by atoms with E-state index in [9.17, 15) is 0 Å². The van der Waals surface area contributed by atoms with Gasteiger partial charge in [-0.15, -0.1) is 0 Å². The van der Waals surface area contributed by atoms with Gasteiger partial charge in [-0.3, -0.25) is 0 Å². The molecule has 0 spiro atoms. The van der Waals surface area contributed by atoms with E-state index in [1.54, 1.807) is 14.2 Å². The van der Waals surface area contributed by atoms with Crippen LogP contribution >= 0.6 is 0 Å². The van der Waals surface area contributed by atoms with E-state index in [1.807, 2.05) is 84.9 Å². The average Bonchev–Trinajstić information content (AvgIpc) is 3.14. The van der Waals surface area contributed by atoms with Crippen LogP contribution in [-0.2, 0) is 17.1 Å². The monoisotopic (exact) mass is 640 g/mol. The first-order valence-electron chi connectivity index (χ1n) is 15.0. The highest BCUT2D eigenvalue weighted by molar-refractivity contribution is 7.09. The van der Waals surface area contributed by atoms with Gasteiger partial charge in [0.15, 0.2) is 0 Å². The molecule has 0 aromatic heterocycles. The molecular weight excluding hydrogens is 605 g/mol. The molecule has 0 saturated heterocycles. The highest BCUT2D eigenvalue weighted by Gasteiger charge is 2.59. The van der Waals surface area contributed by atoms with Crippen LogP contribution < -0.4 is 31.1 Å². The van der Waals surface area contributed by atoms with Crippen molar-refractivity contribution in [2.75, 3.05) is 14.2 Å². The molecule has 224 valence electrons. The predicted octanol–water partition coefficient (Wildman–Crippen LogP) is 4.08. The van der Waals surface area contributed by atoms with Crippen LogP contribution in [0.5, 0.6) is 0 Å². The van der Waals surface area contributed by atoms with Crippen molar-refractivity contribution in [1.82, 2.24) is 0 Å². The van der Waals surface area contributed by atoms with E-state index in [1.165, 1.54) is 0 Å². The minimum atomic E-state index is -3.72. The van der Waals surface area contributed by atoms with Crippen LogP contribution in [0.25, 0.3) is 0 Å². The van der Waals surface area contributed by atoms with Crippen molar-refractivity contribution in [3.05, 3.63) is 182 Å². The zero-order valence-corrected chi connectivity index (χ0v) is 28.5. The first-order valence-corrected chi connectivity index (χ1v) is 20.5. The molecule has 6 aromatic rings. The van der Waals surface area contributed by atoms with Gasteiger partial charge in [-0.1, -0.05) is 182 Å². The van der Waals surface area contributed by atoms with Crippen molar-refractivity contribution < 1.29 is 17.1 Å². The fourth-order valence-electron chi connectivity index (χ4n) is 5.90. The Kier molecular flexibility index (Phi) is 9.48. The lowest BCUT2D eigenvalue weighted by Gasteiger charge is -2.45. The summed E-state index contributed by atoms with van der Waals surface area (Å²) in [6.45, 7) is 0. The lowest BCUT2D eigenvalue weighted by Crippen LogP contribution is -2.80. The molecule has 0 aliphatic carbocycles. The Morgan fingerprint density at radius 1 is 0.267 bits per heavy atom. The van der Waals surface area contributed by atoms with E-state index in [-0.39, 0.29) is 0 Å². The van der Waals surface area contributed by atoms with Gasteiger partial charge in [0.1, 0.15) is 0 Å². The van der Waals surface area contributed by atoms with Gasteiger partial charge in [0.2, 0.25) is 0 Å². The molecule has 0 amide bonds. The van der Waals surface area contributed by atoms with Gasteiger partial charge < -0.3 is 17.1 Å². The van der Waals surface area contributed by atoms with Gasteiger partial charge in [0.25, 0.3) is 0 Å². The molecule has 7 heteroatoms. The Balaban J connectivity index is 1.70. The van der Waals surface area contributed by atoms with E-state index in [0.29, 0.717) is 0 Å². The fraction of sp³-hybridized carbons (Fsp3) is 0.0526. The molecule has 6 aromatic carbocycles. The van der Waals surface area contributed by atoms with Gasteiger partial charge in [0, 0.05) is 14.2 Å². The molecule has 0 fully saturated rings. The van der Waals surface area contributed by atoms with Crippen molar-refractivity contribution in [1.29, 1.82) is 0 Å². The van der Waals surface area contributed by atoms with Crippen molar-refractivity contribution in [2.24, 2.45) is 0 Å². The molecule has 45 heavy (non-hydrogen) atoms. The summed E-state index contributed by atoms with van der Waals surface area (Å²) in [6, 6.07) is 62.0. The third kappa shape index (κ3) is 5.95. The molecule has 4 nitrogen and oxygen atoms in total. The summed E-state index contributed by atoms with van der Waals surface area (Å²) < 4.78 is 29.2. The van der Waals surface area contributed by atoms with E-state index < -0.39 is 25.7 Å². The Labute approximate surface area is 269 Å². The Morgan fingerprint density at radius 2 is 0.444 bits per heavy atom. The number of hydrogen-bond acceptors (Lipinski definition) is 4. The summed E-state index contributed by atoms with van der Waals surface area (Å²) in [5.74, 6) is 0. The van der Waals surface area contributed by atoms with Crippen LogP contribution in [0.3, 0.4) is 0 Å². The minimum absolute atomic E-state index is 0.970. The standard InChI is InChI=1S/C38H36O4Si3/c1-39-43(33-21-9-3-10-22-33,34-23-11-4-12-24-34)41-45(37-29-17-7-18-30-37,38-31-19-8-20-32-38)42-44(40-2,35-25-13-5-14-26-35)36-27-15-6-16-28-36/h3-32H,1-2H3. The van der Waals surface area contributed by atoms with Gasteiger partial charge in [-0.25, -0.2) is 0 Å². The third-order valence-electron chi connectivity index (χ3n) is 8.07. The lowest BCUT2D eigenvalue weighted by atomic mass is 10.4. The Bertz CT molecular complexity index is 1550. The van der Waals surface area contributed by atoms with E-state index in [4.69, 9.17) is 17.1 Å². The summed E-state index contributed by atoms with van der Waals surface area (Å²) >= 11 is 0. The van der Waals surface area contributed by atoms with E-state index in [2.05, 4.69) is 97.1 Å². The second-order valence-corrected chi connectivity index (χ2v) is 20.3. The predicted molar refractivity (Wildman–Crippen MR) is 190 cm³/mol. The smallest absolute Gasteiger partial charge is 0.398 e. The van der Waals surface area contributed by atoms with Crippen LogP contribution in [0.2, 0.25) is 0 Å². The van der Waals surface area contributed by atoms with Crippen LogP contribution in [-0.4, -0.2) is 39.9 Å². The van der Waals surface area contributed by atoms with Crippen LogP contribution in [0.15, 0.2) is 182 Å². The molecule has 0 radical (unpaired) electrons. The molecule has 0 saturated carbocycles. The van der Waals surface area contributed by atoms with Gasteiger partial charge in [-0.2, -0.15) is 0 Å². The van der Waals surface area contributed by atoms with Crippen LogP contribution in [0.1, 0.15) is 0 Å². The summed E-state index contributed by atoms with van der Waals surface area (Å²) in [6.07, 6.45) is 0. The lowest BCUT2D eigenvalue weighted by molar-refractivity contribution is 0.270. The topological polar surface area (TPSA) is 36.9 Å². The SMILES string of the molecule is CO[Si](O[Si](O[Si](OC)(c1ccccc1)c1ccccc1)(c1ccccc1)c1ccccc1)(c1ccccc1)c1ccccc1. The first kappa shape index (κ1) is 30.8. The Hall–Kier alpha value is -4.19. The Morgan fingerprint density at radius 3 is 0.622 bits per heavy atom. The maximum atomic E-state index is 7.91. The zero-order chi connectivity index (χ0) is 31.0. The van der Waals surface area contributed by atoms with Crippen molar-refractivity contribution >= 4 is 56.8 Å². The number of rotatable bonds is 12. The van der Waals surface area contributed by atoms with Crippen LogP contribution in [0.4, 0.5) is 0 Å². The summed E-state index contributed by atoms with van der Waals surface area (Å²) in [7, 11) is -7.06. The molecule has 0 aliphatic heterocycles. The zero-order valence-electron chi connectivity index (χ0n) is 25.5. The maximum absolute atomic E-state index is 7.91. The second kappa shape index (κ2) is 13.8. The third-order valence-corrected chi connectivity index (χ3v) is 20.4. The minimum Gasteiger partial charge on any atom is -0.401 e. The molecule has 0 N–H and O–H groups in total. The largest absolute Gasteiger partial charge is 0.401 e. The second-order valence-electron chi connectivity index (χ2n) is 10.7. The summed E-state index contributed by atoms with van der Waals surface area (Å²) in [4.78, 5) is 0. The van der Waals surface area contributed by atoms with Gasteiger partial charge in [0.05, 0.1) is 0 Å². The van der Waals surface area contributed by atoms with Crippen LogP contribution in [0, 0.1) is 0 Å². The van der Waals surface area contributed by atoms with E-state index >= 15 is 0 Å². The maximum Gasteiger partial charge on any atom is 0.398 e. The normalized spacial score (nSPS) is 12.1. The highest BCUT2D eigenvalue weighted by atomic mass is 28.5. The summed E-state index contributed by atoms with van der Waals surface area (Å²) in [5, 5.41) is 5.92. The molecule has 6 rings (SSSR count). The molecule has 0 atom stereocenters. The molecule has 0 bridgehead atoms. The van der Waals surface area contributed by atoms with Crippen molar-refractivity contribution in [2.45, 2.75) is 0 Å². The number of hydrogen-bond donors (Lipinski definition) is 0. The van der Waals surface area contributed by atoms with Gasteiger partial charge in [-0.05, 0) is 31.1 Å². The van der Waals surface area contributed by atoms with Crippen molar-refractivity contribution in [3.8, 4) is 0 Å². The van der Waals surface area contributed by atoms with Gasteiger partial charge >= 0.3 is 25.7 Å². The quantitative estimate of drug-likeness (QED) is 0.189. The molecule has 0 unspecified atom stereocenters. The van der Waals surface area contributed by atoms with E-state index in [0.717, 1.165) is 31.1 Å². The summed E-state index contributed by atoms with van der Waals surface area (Å²) in [5.41, 5.74) is 0. The molecular formula is C38H36O4Si3. The average molecular weight is 641 g/mol. The first-order chi connectivity index (χ1) is 22.2. The number of benzene rings is 6. The molecule has 0 aliphatic rings.